The van der Waals surface area contributed by atoms with Gasteiger partial charge in [0.2, 0.25) is 0 Å². The van der Waals surface area contributed by atoms with Crippen molar-refractivity contribution in [3.05, 3.63) is 167 Å². The van der Waals surface area contributed by atoms with Crippen LogP contribution >= 0.6 is 11.6 Å². The minimum Gasteiger partial charge on any atom is -0.657 e. The van der Waals surface area contributed by atoms with E-state index in [0.29, 0.717) is 5.02 Å². The quantitative estimate of drug-likeness (QED) is 0.179. The second-order valence-corrected chi connectivity index (χ2v) is 12.5. The third kappa shape index (κ3) is 6.14. The van der Waals surface area contributed by atoms with Gasteiger partial charge in [0.1, 0.15) is 0 Å². The summed E-state index contributed by atoms with van der Waals surface area (Å²) in [7, 11) is 0. The Morgan fingerprint density at radius 3 is 1.25 bits per heavy atom. The monoisotopic (exact) mass is 725 g/mol. The number of para-hydroxylation sites is 1. The van der Waals surface area contributed by atoms with E-state index in [9.17, 15) is 0 Å². The minimum atomic E-state index is 0. The Balaban J connectivity index is 0.00000374. The Labute approximate surface area is 313 Å². The molecular formula is C44H28ClN5Zn. The molecular weight excluding hydrogens is 699 g/mol. The molecule has 1 N–H and O–H groups in total. The number of nitrogens with zero attached hydrogens (tertiary/aromatic N) is 4. The van der Waals surface area contributed by atoms with E-state index in [1.54, 1.807) is 0 Å². The fraction of sp³-hybridized carbons (Fsp3) is 0. The van der Waals surface area contributed by atoms with Crippen molar-refractivity contribution in [2.24, 2.45) is 0 Å². The molecule has 0 fully saturated rings. The van der Waals surface area contributed by atoms with Crippen LogP contribution < -0.4 is 15.3 Å². The SMILES string of the molecule is Clc1ccccc1Nc1c2nc(c(-c3ccccc3)c3ccc([n-]3)c(-c3ccccc3)c3nc(c(-c4ccccc4)c4ccc1[n-]4)C=C3)C=C2.[Zn+2]. The summed E-state index contributed by atoms with van der Waals surface area (Å²) in [5, 5.41) is 4.19. The van der Waals surface area contributed by atoms with E-state index in [1.807, 2.05) is 91.0 Å². The van der Waals surface area contributed by atoms with Crippen molar-refractivity contribution >= 4 is 69.3 Å². The number of benzene rings is 4. The number of hydrogen-bond acceptors (Lipinski definition) is 3. The van der Waals surface area contributed by atoms with Crippen LogP contribution in [-0.4, -0.2) is 9.97 Å². The van der Waals surface area contributed by atoms with E-state index in [1.165, 1.54) is 0 Å². The molecule has 0 amide bonds. The first-order valence-electron chi connectivity index (χ1n) is 16.4. The first kappa shape index (κ1) is 32.4. The molecule has 0 aliphatic carbocycles. The van der Waals surface area contributed by atoms with Gasteiger partial charge in [-0.1, -0.05) is 139 Å². The van der Waals surface area contributed by atoms with Crippen LogP contribution in [0.1, 0.15) is 22.8 Å². The molecule has 5 nitrogen and oxygen atoms in total. The van der Waals surface area contributed by atoms with Gasteiger partial charge in [-0.25, -0.2) is 9.97 Å². The number of rotatable bonds is 5. The molecule has 0 saturated carbocycles. The van der Waals surface area contributed by atoms with Gasteiger partial charge in [0, 0.05) is 5.69 Å². The van der Waals surface area contributed by atoms with Crippen molar-refractivity contribution in [1.29, 1.82) is 0 Å². The number of nitrogens with one attached hydrogen (secondary N) is 1. The molecule has 7 heteroatoms. The van der Waals surface area contributed by atoms with E-state index in [4.69, 9.17) is 31.5 Å². The third-order valence-electron chi connectivity index (χ3n) is 8.93. The molecule has 238 valence electrons. The summed E-state index contributed by atoms with van der Waals surface area (Å²) in [6.45, 7) is 0. The Morgan fingerprint density at radius 2 is 0.784 bits per heavy atom. The van der Waals surface area contributed by atoms with E-state index < -0.39 is 0 Å². The van der Waals surface area contributed by atoms with E-state index >= 15 is 0 Å². The topological polar surface area (TPSA) is 66.0 Å². The van der Waals surface area contributed by atoms with E-state index in [2.05, 4.69) is 78.1 Å². The average molecular weight is 728 g/mol. The Hall–Kier alpha value is -5.81. The van der Waals surface area contributed by atoms with Crippen LogP contribution in [0.15, 0.2) is 140 Å². The number of halogens is 1. The molecule has 4 aromatic carbocycles. The van der Waals surface area contributed by atoms with Crippen molar-refractivity contribution in [2.45, 2.75) is 0 Å². The molecule has 0 saturated heterocycles. The molecule has 8 bridgehead atoms. The summed E-state index contributed by atoms with van der Waals surface area (Å²) in [4.78, 5) is 21.1. The zero-order valence-corrected chi connectivity index (χ0v) is 31.2. The normalized spacial score (nSPS) is 11.7. The van der Waals surface area contributed by atoms with Gasteiger partial charge >= 0.3 is 19.5 Å². The molecule has 0 radical (unpaired) electrons. The maximum absolute atomic E-state index is 6.68. The molecule has 0 unspecified atom stereocenters. The number of hydrogen-bond donors (Lipinski definition) is 1. The van der Waals surface area contributed by atoms with Crippen molar-refractivity contribution in [1.82, 2.24) is 19.9 Å². The molecule has 2 aliphatic heterocycles. The molecule has 3 aromatic heterocycles. The van der Waals surface area contributed by atoms with Gasteiger partial charge in [-0.2, -0.15) is 0 Å². The summed E-state index contributed by atoms with van der Waals surface area (Å²) >= 11 is 6.68. The third-order valence-corrected chi connectivity index (χ3v) is 9.26. The summed E-state index contributed by atoms with van der Waals surface area (Å²) in [5.41, 5.74) is 13.8. The first-order chi connectivity index (χ1) is 24.7. The van der Waals surface area contributed by atoms with Crippen molar-refractivity contribution in [3.8, 4) is 33.4 Å². The van der Waals surface area contributed by atoms with Crippen LogP contribution in [0.25, 0.3) is 79.8 Å². The molecule has 5 heterocycles. The number of anilines is 2. The van der Waals surface area contributed by atoms with Gasteiger partial charge in [0.25, 0.3) is 0 Å². The Morgan fingerprint density at radius 1 is 0.412 bits per heavy atom. The van der Waals surface area contributed by atoms with Crippen LogP contribution in [0.4, 0.5) is 11.4 Å². The van der Waals surface area contributed by atoms with Crippen LogP contribution in [-0.2, 0) is 19.5 Å². The van der Waals surface area contributed by atoms with Gasteiger partial charge in [0.15, 0.2) is 0 Å². The molecule has 2 aliphatic rings. The summed E-state index contributed by atoms with van der Waals surface area (Å²) in [6, 6.07) is 46.9. The van der Waals surface area contributed by atoms with Gasteiger partial charge in [-0.05, 0) is 69.8 Å². The summed E-state index contributed by atoms with van der Waals surface area (Å²) in [6.07, 6.45) is 8.24. The fourth-order valence-corrected chi connectivity index (χ4v) is 6.80. The van der Waals surface area contributed by atoms with E-state index in [0.717, 1.165) is 89.6 Å². The predicted molar refractivity (Wildman–Crippen MR) is 208 cm³/mol. The molecule has 0 spiro atoms. The smallest absolute Gasteiger partial charge is 0.657 e. The Kier molecular flexibility index (Phi) is 8.79. The standard InChI is InChI=1S/C44H28ClN5.Zn/c45-31-18-10-11-19-32(31)50-44-39-26-24-37(48-39)42(29-14-6-2-7-15-29)35-22-20-33(46-35)41(28-12-4-1-5-13-28)34-21-23-36(47-34)43(30-16-8-3-9-17-30)38-25-27-40(44)49-38;/h1-27,50H;/q-2;+2. The molecule has 51 heavy (non-hydrogen) atoms. The van der Waals surface area contributed by atoms with Crippen molar-refractivity contribution < 1.29 is 19.5 Å². The second-order valence-electron chi connectivity index (χ2n) is 12.1. The van der Waals surface area contributed by atoms with Gasteiger partial charge in [-0.15, -0.1) is 22.1 Å². The largest absolute Gasteiger partial charge is 2.00 e. The van der Waals surface area contributed by atoms with Gasteiger partial charge < -0.3 is 15.3 Å². The fourth-order valence-electron chi connectivity index (χ4n) is 6.61. The van der Waals surface area contributed by atoms with Crippen LogP contribution in [0.2, 0.25) is 5.02 Å². The zero-order valence-electron chi connectivity index (χ0n) is 27.5. The number of fused-ring (bicyclic) bond motifs is 8. The minimum absolute atomic E-state index is 0. The maximum Gasteiger partial charge on any atom is 2.00 e. The Bertz CT molecular complexity index is 2590. The van der Waals surface area contributed by atoms with Gasteiger partial charge in [0.05, 0.1) is 33.5 Å². The van der Waals surface area contributed by atoms with Gasteiger partial charge in [-0.3, -0.25) is 0 Å². The average Bonchev–Trinajstić information content (AvgIpc) is 4.00. The van der Waals surface area contributed by atoms with Crippen LogP contribution in [0, 0.1) is 0 Å². The summed E-state index contributed by atoms with van der Waals surface area (Å²) in [5.74, 6) is 0. The van der Waals surface area contributed by atoms with Crippen LogP contribution in [0.5, 0.6) is 0 Å². The first-order valence-corrected chi connectivity index (χ1v) is 16.8. The zero-order chi connectivity index (χ0) is 33.4. The van der Waals surface area contributed by atoms with Crippen LogP contribution in [0.3, 0.4) is 0 Å². The molecule has 0 atom stereocenters. The second kappa shape index (κ2) is 13.8. The van der Waals surface area contributed by atoms with E-state index in [-0.39, 0.29) is 19.5 Å². The molecule has 9 rings (SSSR count). The van der Waals surface area contributed by atoms with Crippen molar-refractivity contribution in [2.75, 3.05) is 5.32 Å². The maximum atomic E-state index is 6.68. The van der Waals surface area contributed by atoms with Crippen molar-refractivity contribution in [3.63, 3.8) is 0 Å². The number of aromatic nitrogens is 4. The molecule has 7 aromatic rings. The summed E-state index contributed by atoms with van der Waals surface area (Å²) < 4.78 is 0. The predicted octanol–water partition coefficient (Wildman–Crippen LogP) is 11.3.